The predicted molar refractivity (Wildman–Crippen MR) is 73.6 cm³/mol. The second kappa shape index (κ2) is 6.80. The van der Waals surface area contributed by atoms with Crippen LogP contribution in [0.4, 0.5) is 0 Å². The zero-order valence-electron chi connectivity index (χ0n) is 12.0. The molecule has 0 spiro atoms. The van der Waals surface area contributed by atoms with E-state index >= 15 is 0 Å². The molecular weight excluding hydrogens is 210 g/mol. The van der Waals surface area contributed by atoms with Crippen LogP contribution in [0.25, 0.3) is 0 Å². The lowest BCUT2D eigenvalue weighted by molar-refractivity contribution is 0.443. The highest BCUT2D eigenvalue weighted by Gasteiger charge is 2.14. The van der Waals surface area contributed by atoms with Crippen molar-refractivity contribution in [2.24, 2.45) is 0 Å². The molecule has 0 radical (unpaired) electrons. The van der Waals surface area contributed by atoms with Gasteiger partial charge in [0, 0.05) is 11.7 Å². The van der Waals surface area contributed by atoms with Crippen LogP contribution in [0.3, 0.4) is 0 Å². The van der Waals surface area contributed by atoms with Crippen LogP contribution < -0.4 is 5.32 Å². The van der Waals surface area contributed by atoms with Gasteiger partial charge in [-0.25, -0.2) is 0 Å². The molecule has 17 heavy (non-hydrogen) atoms. The first-order chi connectivity index (χ1) is 8.11. The van der Waals surface area contributed by atoms with Crippen molar-refractivity contribution in [3.63, 3.8) is 0 Å². The van der Waals surface area contributed by atoms with E-state index in [1.165, 1.54) is 29.8 Å². The summed E-state index contributed by atoms with van der Waals surface area (Å²) >= 11 is 0. The highest BCUT2D eigenvalue weighted by molar-refractivity contribution is 5.25. The molecule has 1 unspecified atom stereocenters. The average Bonchev–Trinajstić information content (AvgIpc) is 2.57. The molecule has 3 heteroatoms. The Bertz CT molecular complexity index is 341. The van der Waals surface area contributed by atoms with Gasteiger partial charge in [-0.3, -0.25) is 4.68 Å². The quantitative estimate of drug-likeness (QED) is 0.739. The van der Waals surface area contributed by atoms with Gasteiger partial charge in [-0.05, 0) is 52.3 Å². The van der Waals surface area contributed by atoms with Gasteiger partial charge in [-0.1, -0.05) is 20.3 Å². The summed E-state index contributed by atoms with van der Waals surface area (Å²) < 4.78 is 2.21. The molecule has 0 bridgehead atoms. The van der Waals surface area contributed by atoms with E-state index in [9.17, 15) is 0 Å². The van der Waals surface area contributed by atoms with E-state index in [1.54, 1.807) is 0 Å². The lowest BCUT2D eigenvalue weighted by Gasteiger charge is -2.13. The molecular formula is C14H27N3. The minimum absolute atomic E-state index is 0.520. The number of aromatic nitrogens is 2. The molecule has 3 nitrogen and oxygen atoms in total. The molecule has 1 atom stereocenters. The molecule has 0 saturated carbocycles. The topological polar surface area (TPSA) is 29.9 Å². The number of aryl methyl sites for hydroxylation is 1. The van der Waals surface area contributed by atoms with Crippen LogP contribution in [0.1, 0.15) is 56.6 Å². The third-order valence-corrected chi connectivity index (χ3v) is 3.40. The summed E-state index contributed by atoms with van der Waals surface area (Å²) in [6.45, 7) is 13.1. The molecule has 0 aromatic carbocycles. The second-order valence-electron chi connectivity index (χ2n) is 4.84. The molecule has 98 valence electrons. The van der Waals surface area contributed by atoms with Crippen LogP contribution in [0.5, 0.6) is 0 Å². The van der Waals surface area contributed by atoms with E-state index in [0.717, 1.165) is 19.5 Å². The second-order valence-corrected chi connectivity index (χ2v) is 4.84. The van der Waals surface area contributed by atoms with Gasteiger partial charge in [0.2, 0.25) is 0 Å². The van der Waals surface area contributed by atoms with E-state index in [-0.39, 0.29) is 0 Å². The molecule has 1 rings (SSSR count). The SMILES string of the molecule is CCCC(C)n1nc(C)c(CCNCC)c1C. The van der Waals surface area contributed by atoms with E-state index in [2.05, 4.69) is 44.6 Å². The maximum Gasteiger partial charge on any atom is 0.0629 e. The Balaban J connectivity index is 2.78. The zero-order chi connectivity index (χ0) is 12.8. The normalized spacial score (nSPS) is 13.0. The predicted octanol–water partition coefficient (Wildman–Crippen LogP) is 3.01. The minimum atomic E-state index is 0.520. The number of likely N-dealkylation sites (N-methyl/N-ethyl adjacent to an activating group) is 1. The fraction of sp³-hybridized carbons (Fsp3) is 0.786. The summed E-state index contributed by atoms with van der Waals surface area (Å²) in [6.07, 6.45) is 3.51. The Morgan fingerprint density at radius 2 is 2.00 bits per heavy atom. The third kappa shape index (κ3) is 3.56. The smallest absolute Gasteiger partial charge is 0.0629 e. The highest BCUT2D eigenvalue weighted by atomic mass is 15.3. The molecule has 0 aliphatic heterocycles. The fourth-order valence-corrected chi connectivity index (χ4v) is 2.42. The van der Waals surface area contributed by atoms with Crippen LogP contribution in [0, 0.1) is 13.8 Å². The van der Waals surface area contributed by atoms with E-state index in [0.29, 0.717) is 6.04 Å². The van der Waals surface area contributed by atoms with Crippen LogP contribution in [-0.2, 0) is 6.42 Å². The van der Waals surface area contributed by atoms with Crippen molar-refractivity contribution < 1.29 is 0 Å². The van der Waals surface area contributed by atoms with Crippen molar-refractivity contribution >= 4 is 0 Å². The van der Waals surface area contributed by atoms with Gasteiger partial charge in [-0.2, -0.15) is 5.10 Å². The first kappa shape index (κ1) is 14.2. The molecule has 1 aromatic heterocycles. The van der Waals surface area contributed by atoms with Crippen LogP contribution in [0.15, 0.2) is 0 Å². The number of nitrogens with one attached hydrogen (secondary N) is 1. The lowest BCUT2D eigenvalue weighted by atomic mass is 10.1. The first-order valence-electron chi connectivity index (χ1n) is 6.87. The van der Waals surface area contributed by atoms with Gasteiger partial charge in [0.05, 0.1) is 5.69 Å². The van der Waals surface area contributed by atoms with Gasteiger partial charge in [0.15, 0.2) is 0 Å². The molecule has 0 saturated heterocycles. The summed E-state index contributed by atoms with van der Waals surface area (Å²) in [7, 11) is 0. The van der Waals surface area contributed by atoms with Crippen molar-refractivity contribution in [1.29, 1.82) is 0 Å². The third-order valence-electron chi connectivity index (χ3n) is 3.40. The Morgan fingerprint density at radius 1 is 1.29 bits per heavy atom. The molecule has 1 N–H and O–H groups in total. The molecule has 0 amide bonds. The number of nitrogens with zero attached hydrogens (tertiary/aromatic N) is 2. The number of hydrogen-bond acceptors (Lipinski definition) is 2. The van der Waals surface area contributed by atoms with Gasteiger partial charge < -0.3 is 5.32 Å². The Morgan fingerprint density at radius 3 is 2.59 bits per heavy atom. The lowest BCUT2D eigenvalue weighted by Crippen LogP contribution is -2.16. The van der Waals surface area contributed by atoms with Gasteiger partial charge in [0.25, 0.3) is 0 Å². The average molecular weight is 237 g/mol. The summed E-state index contributed by atoms with van der Waals surface area (Å²) in [6, 6.07) is 0.520. The van der Waals surface area contributed by atoms with Crippen LogP contribution >= 0.6 is 0 Å². The van der Waals surface area contributed by atoms with Gasteiger partial charge in [0.1, 0.15) is 0 Å². The van der Waals surface area contributed by atoms with Gasteiger partial charge >= 0.3 is 0 Å². The van der Waals surface area contributed by atoms with Crippen LogP contribution in [-0.4, -0.2) is 22.9 Å². The molecule has 1 aromatic rings. The van der Waals surface area contributed by atoms with Gasteiger partial charge in [-0.15, -0.1) is 0 Å². The molecule has 0 aliphatic carbocycles. The molecule has 1 heterocycles. The Hall–Kier alpha value is -0.830. The van der Waals surface area contributed by atoms with Crippen molar-refractivity contribution in [1.82, 2.24) is 15.1 Å². The largest absolute Gasteiger partial charge is 0.317 e. The standard InChI is InChI=1S/C14H27N3/c1-6-8-11(3)17-13(5)14(12(4)16-17)9-10-15-7-2/h11,15H,6-10H2,1-5H3. The molecule has 0 aliphatic rings. The minimum Gasteiger partial charge on any atom is -0.317 e. The maximum absolute atomic E-state index is 4.70. The molecule has 0 fully saturated rings. The monoisotopic (exact) mass is 237 g/mol. The van der Waals surface area contributed by atoms with Crippen molar-refractivity contribution in [3.8, 4) is 0 Å². The van der Waals surface area contributed by atoms with Crippen molar-refractivity contribution in [3.05, 3.63) is 17.0 Å². The maximum atomic E-state index is 4.70. The summed E-state index contributed by atoms with van der Waals surface area (Å²) in [4.78, 5) is 0. The zero-order valence-corrected chi connectivity index (χ0v) is 12.0. The number of rotatable bonds is 7. The Labute approximate surface area is 106 Å². The van der Waals surface area contributed by atoms with Crippen LogP contribution in [0.2, 0.25) is 0 Å². The first-order valence-corrected chi connectivity index (χ1v) is 6.87. The summed E-state index contributed by atoms with van der Waals surface area (Å²) in [5.41, 5.74) is 3.97. The van der Waals surface area contributed by atoms with E-state index < -0.39 is 0 Å². The summed E-state index contributed by atoms with van der Waals surface area (Å²) in [5, 5.41) is 8.07. The van der Waals surface area contributed by atoms with E-state index in [4.69, 9.17) is 5.10 Å². The van der Waals surface area contributed by atoms with E-state index in [1.807, 2.05) is 0 Å². The fourth-order valence-electron chi connectivity index (χ4n) is 2.42. The van der Waals surface area contributed by atoms with Crippen molar-refractivity contribution in [2.45, 2.75) is 59.9 Å². The Kier molecular flexibility index (Phi) is 5.69. The number of hydrogen-bond donors (Lipinski definition) is 1. The summed E-state index contributed by atoms with van der Waals surface area (Å²) in [5.74, 6) is 0. The highest BCUT2D eigenvalue weighted by Crippen LogP contribution is 2.20. The van der Waals surface area contributed by atoms with Crippen molar-refractivity contribution in [2.75, 3.05) is 13.1 Å².